The molecule has 0 aliphatic rings. The van der Waals surface area contributed by atoms with E-state index >= 15 is 0 Å². The first-order valence-electron chi connectivity index (χ1n) is 6.67. The lowest BCUT2D eigenvalue weighted by Crippen LogP contribution is -2.31. The van der Waals surface area contributed by atoms with E-state index in [0.717, 1.165) is 35.1 Å². The van der Waals surface area contributed by atoms with Gasteiger partial charge >= 0.3 is 0 Å². The van der Waals surface area contributed by atoms with Crippen LogP contribution in [0.25, 0.3) is 0 Å². The van der Waals surface area contributed by atoms with E-state index in [1.807, 2.05) is 24.6 Å². The fourth-order valence-electron chi connectivity index (χ4n) is 2.16. The Labute approximate surface area is 123 Å². The molecule has 0 saturated heterocycles. The van der Waals surface area contributed by atoms with Crippen molar-refractivity contribution >= 4 is 11.6 Å². The Hall–Kier alpha value is -1.50. The molecule has 0 aromatic carbocycles. The average Bonchev–Trinajstić information content (AvgIpc) is 2.81. The van der Waals surface area contributed by atoms with Crippen LogP contribution in [0.4, 0.5) is 0 Å². The topological polar surface area (TPSA) is 81.7 Å². The summed E-state index contributed by atoms with van der Waals surface area (Å²) in [4.78, 5) is 8.15. The van der Waals surface area contributed by atoms with Gasteiger partial charge in [-0.1, -0.05) is 18.5 Å². The first-order chi connectivity index (χ1) is 9.71. The van der Waals surface area contributed by atoms with Crippen LogP contribution in [-0.2, 0) is 19.4 Å². The molecule has 2 heterocycles. The number of aromatic nitrogens is 4. The number of aryl methyl sites for hydroxylation is 2. The average molecular weight is 295 g/mol. The van der Waals surface area contributed by atoms with Crippen molar-refractivity contribution in [2.75, 3.05) is 0 Å². The molecule has 0 radical (unpaired) electrons. The Morgan fingerprint density at radius 2 is 2.25 bits per heavy atom. The van der Waals surface area contributed by atoms with E-state index in [9.17, 15) is 0 Å². The minimum absolute atomic E-state index is 0.123. The van der Waals surface area contributed by atoms with E-state index in [1.54, 1.807) is 6.20 Å². The maximum Gasteiger partial charge on any atom is 0.115 e. The quantitative estimate of drug-likeness (QED) is 0.625. The van der Waals surface area contributed by atoms with Gasteiger partial charge in [0, 0.05) is 19.2 Å². The van der Waals surface area contributed by atoms with Crippen LogP contribution >= 0.6 is 11.6 Å². The van der Waals surface area contributed by atoms with Crippen LogP contribution in [0.2, 0.25) is 5.02 Å². The summed E-state index contributed by atoms with van der Waals surface area (Å²) >= 11 is 6.41. The highest BCUT2D eigenvalue weighted by Crippen LogP contribution is 2.26. The first kappa shape index (κ1) is 14.9. The van der Waals surface area contributed by atoms with Crippen molar-refractivity contribution in [2.45, 2.75) is 39.3 Å². The van der Waals surface area contributed by atoms with Gasteiger partial charge in [0.15, 0.2) is 0 Å². The van der Waals surface area contributed by atoms with Gasteiger partial charge in [-0.25, -0.2) is 9.97 Å². The third-order valence-electron chi connectivity index (χ3n) is 3.25. The molecule has 0 fully saturated rings. The monoisotopic (exact) mass is 294 g/mol. The molecule has 3 N–H and O–H groups in total. The minimum Gasteiger partial charge on any atom is -0.271 e. The Bertz CT molecular complexity index is 553. The molecular formula is C13H19ClN6. The lowest BCUT2D eigenvalue weighted by molar-refractivity contribution is 0.506. The van der Waals surface area contributed by atoms with Crippen LogP contribution in [0.5, 0.6) is 0 Å². The number of nitrogens with two attached hydrogens (primary N) is 1. The van der Waals surface area contributed by atoms with Gasteiger partial charge in [0.2, 0.25) is 0 Å². The van der Waals surface area contributed by atoms with Crippen molar-refractivity contribution in [1.82, 2.24) is 25.2 Å². The second-order valence-electron chi connectivity index (χ2n) is 4.43. The number of halogens is 1. The molecule has 0 aliphatic heterocycles. The lowest BCUT2D eigenvalue weighted by Gasteiger charge is -2.16. The summed E-state index contributed by atoms with van der Waals surface area (Å²) in [6.45, 7) is 4.86. The normalized spacial score (nSPS) is 12.6. The largest absolute Gasteiger partial charge is 0.271 e. The van der Waals surface area contributed by atoms with Gasteiger partial charge in [0.25, 0.3) is 0 Å². The van der Waals surface area contributed by atoms with Gasteiger partial charge in [-0.15, -0.1) is 0 Å². The number of hydrazine groups is 1. The van der Waals surface area contributed by atoms with E-state index < -0.39 is 0 Å². The standard InChI is InChI=1S/C13H19ClN6/c1-3-9-13(14)12(20(4-2)19-9)7-11(18-15)10-5-6-16-8-17-10/h5-6,8,11,18H,3-4,7,15H2,1-2H3. The van der Waals surface area contributed by atoms with Crippen molar-refractivity contribution < 1.29 is 0 Å². The van der Waals surface area contributed by atoms with Crippen molar-refractivity contribution in [3.05, 3.63) is 40.7 Å². The summed E-state index contributed by atoms with van der Waals surface area (Å²) in [6, 6.07) is 1.72. The second-order valence-corrected chi connectivity index (χ2v) is 4.81. The Morgan fingerprint density at radius 1 is 1.45 bits per heavy atom. The molecule has 2 rings (SSSR count). The molecule has 6 nitrogen and oxygen atoms in total. The van der Waals surface area contributed by atoms with Crippen molar-refractivity contribution in [3.63, 3.8) is 0 Å². The van der Waals surface area contributed by atoms with Gasteiger partial charge in [0.1, 0.15) is 6.33 Å². The van der Waals surface area contributed by atoms with Crippen LogP contribution in [0.1, 0.15) is 37.0 Å². The zero-order valence-corrected chi connectivity index (χ0v) is 12.4. The van der Waals surface area contributed by atoms with E-state index in [0.29, 0.717) is 6.42 Å². The summed E-state index contributed by atoms with van der Waals surface area (Å²) in [6.07, 6.45) is 4.65. The Kier molecular flexibility index (Phi) is 5.05. The van der Waals surface area contributed by atoms with Crippen molar-refractivity contribution in [1.29, 1.82) is 0 Å². The number of nitrogens with zero attached hydrogens (tertiary/aromatic N) is 4. The molecule has 1 atom stereocenters. The van der Waals surface area contributed by atoms with Crippen LogP contribution in [-0.4, -0.2) is 19.7 Å². The predicted molar refractivity (Wildman–Crippen MR) is 78.1 cm³/mol. The molecule has 0 saturated carbocycles. The Balaban J connectivity index is 2.30. The maximum absolute atomic E-state index is 6.41. The summed E-state index contributed by atoms with van der Waals surface area (Å²) in [7, 11) is 0. The highest BCUT2D eigenvalue weighted by atomic mass is 35.5. The number of rotatable bonds is 6. The Morgan fingerprint density at radius 3 is 2.80 bits per heavy atom. The zero-order chi connectivity index (χ0) is 14.5. The molecule has 20 heavy (non-hydrogen) atoms. The number of hydrogen-bond acceptors (Lipinski definition) is 5. The van der Waals surface area contributed by atoms with Crippen LogP contribution < -0.4 is 11.3 Å². The smallest absolute Gasteiger partial charge is 0.115 e. The summed E-state index contributed by atoms with van der Waals surface area (Å²) in [5.74, 6) is 5.65. The van der Waals surface area contributed by atoms with Crippen molar-refractivity contribution in [3.8, 4) is 0 Å². The number of nitrogens with one attached hydrogen (secondary N) is 1. The van der Waals surface area contributed by atoms with Gasteiger partial charge in [0.05, 0.1) is 28.1 Å². The minimum atomic E-state index is -0.123. The molecule has 2 aromatic rings. The van der Waals surface area contributed by atoms with E-state index in [1.165, 1.54) is 6.33 Å². The molecule has 0 spiro atoms. The van der Waals surface area contributed by atoms with E-state index in [-0.39, 0.29) is 6.04 Å². The highest BCUT2D eigenvalue weighted by Gasteiger charge is 2.20. The molecule has 7 heteroatoms. The third kappa shape index (κ3) is 2.98. The van der Waals surface area contributed by atoms with E-state index in [2.05, 4.69) is 20.5 Å². The highest BCUT2D eigenvalue weighted by molar-refractivity contribution is 6.31. The molecule has 2 aromatic heterocycles. The molecule has 0 aliphatic carbocycles. The van der Waals surface area contributed by atoms with Crippen LogP contribution in [0.15, 0.2) is 18.6 Å². The second kappa shape index (κ2) is 6.78. The van der Waals surface area contributed by atoms with E-state index in [4.69, 9.17) is 17.4 Å². The summed E-state index contributed by atoms with van der Waals surface area (Å²) in [5.41, 5.74) is 5.51. The SMILES string of the molecule is CCc1nn(CC)c(CC(NN)c2ccncn2)c1Cl. The van der Waals surface area contributed by atoms with Crippen molar-refractivity contribution in [2.24, 2.45) is 5.84 Å². The van der Waals surface area contributed by atoms with Crippen LogP contribution in [0, 0.1) is 0 Å². The molecule has 0 amide bonds. The van der Waals surface area contributed by atoms with Gasteiger partial charge < -0.3 is 0 Å². The fourth-order valence-corrected chi connectivity index (χ4v) is 2.51. The van der Waals surface area contributed by atoms with Crippen LogP contribution in [0.3, 0.4) is 0 Å². The molecule has 0 bridgehead atoms. The molecular weight excluding hydrogens is 276 g/mol. The predicted octanol–water partition coefficient (Wildman–Crippen LogP) is 1.66. The summed E-state index contributed by atoms with van der Waals surface area (Å²) < 4.78 is 1.92. The third-order valence-corrected chi connectivity index (χ3v) is 3.69. The molecule has 108 valence electrons. The van der Waals surface area contributed by atoms with Gasteiger partial charge in [-0.2, -0.15) is 5.10 Å². The lowest BCUT2D eigenvalue weighted by atomic mass is 10.1. The van der Waals surface area contributed by atoms with Gasteiger partial charge in [-0.05, 0) is 19.4 Å². The number of hydrogen-bond donors (Lipinski definition) is 2. The maximum atomic E-state index is 6.41. The first-order valence-corrected chi connectivity index (χ1v) is 7.05. The zero-order valence-electron chi connectivity index (χ0n) is 11.7. The summed E-state index contributed by atoms with van der Waals surface area (Å²) in [5, 5.41) is 5.24. The molecule has 1 unspecified atom stereocenters. The fraction of sp³-hybridized carbons (Fsp3) is 0.462. The van der Waals surface area contributed by atoms with Gasteiger partial charge in [-0.3, -0.25) is 16.0 Å².